The second kappa shape index (κ2) is 9.30. The van der Waals surface area contributed by atoms with Gasteiger partial charge in [0, 0.05) is 33.9 Å². The van der Waals surface area contributed by atoms with E-state index in [1.807, 2.05) is 13.8 Å². The molecule has 0 fully saturated rings. The van der Waals surface area contributed by atoms with Gasteiger partial charge in [-0.05, 0) is 48.9 Å². The van der Waals surface area contributed by atoms with Gasteiger partial charge in [-0.3, -0.25) is 0 Å². The van der Waals surface area contributed by atoms with Crippen molar-refractivity contribution in [2.45, 2.75) is 46.5 Å². The average molecular weight is 348 g/mol. The minimum absolute atomic E-state index is 0.171. The summed E-state index contributed by atoms with van der Waals surface area (Å²) < 4.78 is 0. The molecule has 4 amide bonds. The molecule has 6 nitrogen and oxygen atoms in total. The van der Waals surface area contributed by atoms with E-state index in [4.69, 9.17) is 0 Å². The number of unbranched alkanes of at least 4 members (excludes halogenated alkanes) is 1. The lowest BCUT2D eigenvalue weighted by Gasteiger charge is -2.23. The van der Waals surface area contributed by atoms with Crippen LogP contribution in [0.15, 0.2) is 6.07 Å². The minimum atomic E-state index is -0.176. The van der Waals surface area contributed by atoms with Gasteiger partial charge in [-0.1, -0.05) is 20.3 Å². The molecule has 1 rings (SSSR count). The molecule has 0 aliphatic rings. The van der Waals surface area contributed by atoms with E-state index in [0.29, 0.717) is 6.42 Å². The van der Waals surface area contributed by atoms with Crippen molar-refractivity contribution < 1.29 is 9.59 Å². The molecule has 25 heavy (non-hydrogen) atoms. The lowest BCUT2D eigenvalue weighted by molar-refractivity contribution is 0.230. The molecule has 0 saturated carbocycles. The van der Waals surface area contributed by atoms with E-state index in [0.717, 1.165) is 47.3 Å². The highest BCUT2D eigenvalue weighted by molar-refractivity contribution is 5.96. The summed E-state index contributed by atoms with van der Waals surface area (Å²) in [4.78, 5) is 27.4. The summed E-state index contributed by atoms with van der Waals surface area (Å²) in [6.07, 6.45) is 3.78. The molecule has 6 heteroatoms. The zero-order chi connectivity index (χ0) is 19.1. The normalized spacial score (nSPS) is 10.4. The first-order valence-corrected chi connectivity index (χ1v) is 8.84. The molecule has 0 saturated heterocycles. The minimum Gasteiger partial charge on any atom is -0.331 e. The summed E-state index contributed by atoms with van der Waals surface area (Å²) in [5.74, 6) is 0. The molecular formula is C19H32N4O2. The fourth-order valence-corrected chi connectivity index (χ4v) is 2.61. The Bertz CT molecular complexity index is 624. The summed E-state index contributed by atoms with van der Waals surface area (Å²) in [5.41, 5.74) is 4.75. The van der Waals surface area contributed by atoms with E-state index in [1.54, 1.807) is 28.2 Å². The maximum Gasteiger partial charge on any atom is 0.321 e. The number of carbonyl (C=O) groups excluding carboxylic acids is 2. The Morgan fingerprint density at radius 2 is 1.56 bits per heavy atom. The Kier molecular flexibility index (Phi) is 7.74. The van der Waals surface area contributed by atoms with E-state index >= 15 is 0 Å². The van der Waals surface area contributed by atoms with Crippen molar-refractivity contribution in [3.05, 3.63) is 22.8 Å². The van der Waals surface area contributed by atoms with Crippen molar-refractivity contribution in [3.63, 3.8) is 0 Å². The van der Waals surface area contributed by atoms with Crippen molar-refractivity contribution >= 4 is 23.4 Å². The van der Waals surface area contributed by atoms with Crippen LogP contribution in [0, 0.1) is 6.92 Å². The fraction of sp³-hybridized carbons (Fsp3) is 0.579. The van der Waals surface area contributed by atoms with Crippen LogP contribution in [0.1, 0.15) is 43.4 Å². The van der Waals surface area contributed by atoms with Crippen molar-refractivity contribution in [1.29, 1.82) is 0 Å². The van der Waals surface area contributed by atoms with Crippen molar-refractivity contribution in [3.8, 4) is 0 Å². The van der Waals surface area contributed by atoms with Crippen LogP contribution in [-0.2, 0) is 12.8 Å². The molecule has 0 unspecified atom stereocenters. The number of nitrogens with one attached hydrogen (secondary N) is 2. The number of hydrogen-bond acceptors (Lipinski definition) is 2. The zero-order valence-corrected chi connectivity index (χ0v) is 16.6. The number of aryl methyl sites for hydroxylation is 1. The summed E-state index contributed by atoms with van der Waals surface area (Å²) in [6, 6.07) is 1.71. The van der Waals surface area contributed by atoms with E-state index < -0.39 is 0 Å². The lowest BCUT2D eigenvalue weighted by Crippen LogP contribution is -2.30. The average Bonchev–Trinajstić information content (AvgIpc) is 2.55. The molecular weight excluding hydrogens is 316 g/mol. The summed E-state index contributed by atoms with van der Waals surface area (Å²) in [5, 5.41) is 5.98. The number of amides is 4. The molecule has 0 bridgehead atoms. The Morgan fingerprint density at radius 1 is 1.00 bits per heavy atom. The van der Waals surface area contributed by atoms with E-state index in [2.05, 4.69) is 23.6 Å². The molecule has 2 N–H and O–H groups in total. The Balaban J connectivity index is 3.42. The Morgan fingerprint density at radius 3 is 2.04 bits per heavy atom. The fourth-order valence-electron chi connectivity index (χ4n) is 2.61. The number of rotatable bonds is 6. The van der Waals surface area contributed by atoms with E-state index in [9.17, 15) is 9.59 Å². The quantitative estimate of drug-likeness (QED) is 0.813. The third-order valence-corrected chi connectivity index (χ3v) is 4.24. The lowest BCUT2D eigenvalue weighted by atomic mass is 9.95. The highest BCUT2D eigenvalue weighted by Gasteiger charge is 2.18. The molecule has 0 atom stereocenters. The molecule has 140 valence electrons. The molecule has 1 aromatic rings. The number of nitrogens with zero attached hydrogens (tertiary/aromatic N) is 2. The van der Waals surface area contributed by atoms with Crippen LogP contribution < -0.4 is 10.6 Å². The van der Waals surface area contributed by atoms with Crippen LogP contribution in [0.4, 0.5) is 21.0 Å². The third-order valence-electron chi connectivity index (χ3n) is 4.24. The van der Waals surface area contributed by atoms with Crippen LogP contribution in [0.3, 0.4) is 0 Å². The van der Waals surface area contributed by atoms with Gasteiger partial charge in [-0.2, -0.15) is 0 Å². The predicted octanol–water partition coefficient (Wildman–Crippen LogP) is 4.09. The smallest absolute Gasteiger partial charge is 0.321 e. The summed E-state index contributed by atoms with van der Waals surface area (Å²) in [7, 11) is 6.85. The molecule has 0 radical (unpaired) electrons. The molecule has 1 aromatic carbocycles. The highest BCUT2D eigenvalue weighted by atomic mass is 16.2. The number of hydrogen-bond donors (Lipinski definition) is 2. The second-order valence-corrected chi connectivity index (χ2v) is 6.67. The topological polar surface area (TPSA) is 64.7 Å². The predicted molar refractivity (Wildman–Crippen MR) is 105 cm³/mol. The number of anilines is 2. The standard InChI is InChI=1S/C19H32N4O2/c1-8-10-11-14-12-16(20-18(24)22(4)5)15(9-2)17(13(14)3)21-19(25)23(6)7/h12H,8-11H2,1-7H3,(H,20,24)(H,21,25). The maximum absolute atomic E-state index is 12.2. The van der Waals surface area contributed by atoms with Crippen LogP contribution >= 0.6 is 0 Å². The van der Waals surface area contributed by atoms with E-state index in [-0.39, 0.29) is 12.1 Å². The maximum atomic E-state index is 12.2. The van der Waals surface area contributed by atoms with Crippen molar-refractivity contribution in [2.75, 3.05) is 38.8 Å². The second-order valence-electron chi connectivity index (χ2n) is 6.67. The van der Waals surface area contributed by atoms with Crippen LogP contribution in [0.25, 0.3) is 0 Å². The molecule has 0 aliphatic heterocycles. The zero-order valence-electron chi connectivity index (χ0n) is 16.6. The molecule has 0 aromatic heterocycles. The number of carbonyl (C=O) groups is 2. The molecule has 0 spiro atoms. The van der Waals surface area contributed by atoms with Crippen molar-refractivity contribution in [2.24, 2.45) is 0 Å². The van der Waals surface area contributed by atoms with Crippen LogP contribution in [0.5, 0.6) is 0 Å². The van der Waals surface area contributed by atoms with Gasteiger partial charge >= 0.3 is 12.1 Å². The Hall–Kier alpha value is -2.24. The van der Waals surface area contributed by atoms with Gasteiger partial charge in [-0.15, -0.1) is 0 Å². The van der Waals surface area contributed by atoms with Gasteiger partial charge in [0.1, 0.15) is 0 Å². The third kappa shape index (κ3) is 5.37. The van der Waals surface area contributed by atoms with E-state index in [1.165, 1.54) is 9.80 Å². The van der Waals surface area contributed by atoms with Gasteiger partial charge in [-0.25, -0.2) is 9.59 Å². The first kappa shape index (κ1) is 20.8. The van der Waals surface area contributed by atoms with Gasteiger partial charge < -0.3 is 20.4 Å². The summed E-state index contributed by atoms with van der Waals surface area (Å²) >= 11 is 0. The summed E-state index contributed by atoms with van der Waals surface area (Å²) in [6.45, 7) is 6.21. The molecule has 0 aliphatic carbocycles. The SMILES string of the molecule is CCCCc1cc(NC(=O)N(C)C)c(CC)c(NC(=O)N(C)C)c1C. The Labute approximate surface area is 151 Å². The number of urea groups is 2. The van der Waals surface area contributed by atoms with Gasteiger partial charge in [0.25, 0.3) is 0 Å². The van der Waals surface area contributed by atoms with Gasteiger partial charge in [0.15, 0.2) is 0 Å². The van der Waals surface area contributed by atoms with Crippen LogP contribution in [-0.4, -0.2) is 50.1 Å². The molecule has 0 heterocycles. The van der Waals surface area contributed by atoms with Gasteiger partial charge in [0.05, 0.1) is 5.69 Å². The largest absolute Gasteiger partial charge is 0.331 e. The van der Waals surface area contributed by atoms with Crippen molar-refractivity contribution in [1.82, 2.24) is 9.80 Å². The van der Waals surface area contributed by atoms with Crippen LogP contribution in [0.2, 0.25) is 0 Å². The first-order chi connectivity index (χ1) is 11.7. The number of benzene rings is 1. The highest BCUT2D eigenvalue weighted by Crippen LogP contribution is 2.33. The van der Waals surface area contributed by atoms with Gasteiger partial charge in [0.2, 0.25) is 0 Å². The first-order valence-electron chi connectivity index (χ1n) is 8.84. The monoisotopic (exact) mass is 348 g/mol.